The van der Waals surface area contributed by atoms with Gasteiger partial charge in [-0.3, -0.25) is 9.30 Å². The normalized spacial score (nSPS) is 23.5. The summed E-state index contributed by atoms with van der Waals surface area (Å²) in [5.41, 5.74) is 7.69. The Morgan fingerprint density at radius 1 is 1.31 bits per heavy atom. The summed E-state index contributed by atoms with van der Waals surface area (Å²) in [5.74, 6) is 1.39. The lowest BCUT2D eigenvalue weighted by atomic mass is 10.0. The predicted molar refractivity (Wildman–Crippen MR) is 109 cm³/mol. The molecule has 3 atom stereocenters. The lowest BCUT2D eigenvalue weighted by Gasteiger charge is -2.27. The van der Waals surface area contributed by atoms with Crippen molar-refractivity contribution in [3.63, 3.8) is 0 Å². The van der Waals surface area contributed by atoms with Crippen molar-refractivity contribution in [3.8, 4) is 0 Å². The zero-order valence-corrected chi connectivity index (χ0v) is 17.2. The second kappa shape index (κ2) is 7.31. The minimum absolute atomic E-state index is 0.0198. The van der Waals surface area contributed by atoms with Crippen LogP contribution in [0.1, 0.15) is 23.9 Å². The van der Waals surface area contributed by atoms with E-state index in [1.807, 2.05) is 40.9 Å². The fourth-order valence-corrected chi connectivity index (χ4v) is 4.89. The van der Waals surface area contributed by atoms with Gasteiger partial charge in [0.1, 0.15) is 22.6 Å². The summed E-state index contributed by atoms with van der Waals surface area (Å²) in [5, 5.41) is 0. The molecular weight excluding hydrogens is 438 g/mol. The highest BCUT2D eigenvalue weighted by molar-refractivity contribution is 9.10. The molecule has 3 aromatic rings. The number of hydrogen-bond acceptors (Lipinski definition) is 6. The maximum Gasteiger partial charge on any atom is 0.411 e. The van der Waals surface area contributed by atoms with Crippen LogP contribution in [-0.2, 0) is 16.1 Å². The van der Waals surface area contributed by atoms with Gasteiger partial charge in [0.25, 0.3) is 0 Å². The molecule has 5 rings (SSSR count). The van der Waals surface area contributed by atoms with Crippen molar-refractivity contribution in [1.82, 2.24) is 19.3 Å². The average molecular weight is 458 g/mol. The van der Waals surface area contributed by atoms with Crippen molar-refractivity contribution in [2.45, 2.75) is 25.1 Å². The molecule has 9 heteroatoms. The molecule has 1 aromatic carbocycles. The summed E-state index contributed by atoms with van der Waals surface area (Å²) in [4.78, 5) is 23.7. The molecule has 2 fully saturated rings. The van der Waals surface area contributed by atoms with E-state index >= 15 is 0 Å². The first-order chi connectivity index (χ1) is 14.1. The number of fused-ring (bicyclic) bond motifs is 2. The van der Waals surface area contributed by atoms with Crippen LogP contribution < -0.4 is 5.73 Å². The first-order valence-corrected chi connectivity index (χ1v) is 10.3. The van der Waals surface area contributed by atoms with E-state index in [0.29, 0.717) is 29.2 Å². The Balaban J connectivity index is 1.47. The van der Waals surface area contributed by atoms with Crippen molar-refractivity contribution >= 4 is 33.4 Å². The SMILES string of the molecule is Nc1nccn2c(C3CC4COCC4N3C(=O)OCc3ccccc3)nc(Br)c12. The number of halogens is 1. The lowest BCUT2D eigenvalue weighted by Crippen LogP contribution is -2.40. The quantitative estimate of drug-likeness (QED) is 0.648. The molecule has 0 bridgehead atoms. The maximum absolute atomic E-state index is 13.1. The Kier molecular flexibility index (Phi) is 4.63. The molecule has 3 unspecified atom stereocenters. The third kappa shape index (κ3) is 3.14. The van der Waals surface area contributed by atoms with E-state index in [9.17, 15) is 4.79 Å². The second-order valence-corrected chi connectivity index (χ2v) is 8.11. The van der Waals surface area contributed by atoms with Gasteiger partial charge < -0.3 is 15.2 Å². The number of carbonyl (C=O) groups is 1. The van der Waals surface area contributed by atoms with Crippen LogP contribution >= 0.6 is 15.9 Å². The number of likely N-dealkylation sites (tertiary alicyclic amines) is 1. The second-order valence-electron chi connectivity index (χ2n) is 7.36. The Labute approximate surface area is 175 Å². The van der Waals surface area contributed by atoms with Gasteiger partial charge in [-0.25, -0.2) is 14.8 Å². The van der Waals surface area contributed by atoms with Gasteiger partial charge in [0.2, 0.25) is 0 Å². The molecule has 0 spiro atoms. The molecule has 0 saturated carbocycles. The van der Waals surface area contributed by atoms with Crippen molar-refractivity contribution in [3.05, 3.63) is 58.7 Å². The number of nitrogen functional groups attached to an aromatic ring is 1. The van der Waals surface area contributed by atoms with Gasteiger partial charge in [-0.2, -0.15) is 0 Å². The summed E-state index contributed by atoms with van der Waals surface area (Å²) in [6.45, 7) is 1.37. The number of nitrogens with two attached hydrogens (primary N) is 1. The van der Waals surface area contributed by atoms with Crippen LogP contribution in [0.3, 0.4) is 0 Å². The third-order valence-corrected chi connectivity index (χ3v) is 6.22. The Morgan fingerprint density at radius 3 is 2.97 bits per heavy atom. The van der Waals surface area contributed by atoms with Crippen molar-refractivity contribution in [2.24, 2.45) is 5.92 Å². The van der Waals surface area contributed by atoms with Crippen molar-refractivity contribution < 1.29 is 14.3 Å². The maximum atomic E-state index is 13.1. The monoisotopic (exact) mass is 457 g/mol. The highest BCUT2D eigenvalue weighted by Gasteiger charge is 2.49. The molecular formula is C20H20BrN5O3. The van der Waals surface area contributed by atoms with E-state index < -0.39 is 0 Å². The molecule has 1 amide bonds. The smallest absolute Gasteiger partial charge is 0.411 e. The van der Waals surface area contributed by atoms with Gasteiger partial charge in [-0.05, 0) is 27.9 Å². The van der Waals surface area contributed by atoms with Crippen LogP contribution in [0.15, 0.2) is 47.3 Å². The summed E-state index contributed by atoms with van der Waals surface area (Å²) < 4.78 is 13.8. The Bertz CT molecular complexity index is 1060. The number of carbonyl (C=O) groups excluding carboxylic acids is 1. The van der Waals surface area contributed by atoms with Gasteiger partial charge >= 0.3 is 6.09 Å². The van der Waals surface area contributed by atoms with Crippen LogP contribution in [0.4, 0.5) is 10.6 Å². The minimum atomic E-state index is -0.355. The number of imidazole rings is 1. The van der Waals surface area contributed by atoms with Crippen LogP contribution in [0, 0.1) is 5.92 Å². The molecule has 0 aliphatic carbocycles. The Hall–Kier alpha value is -2.65. The largest absolute Gasteiger partial charge is 0.445 e. The summed E-state index contributed by atoms with van der Waals surface area (Å²) >= 11 is 3.48. The molecule has 2 aliphatic heterocycles. The zero-order chi connectivity index (χ0) is 20.0. The topological polar surface area (TPSA) is 95.0 Å². The van der Waals surface area contributed by atoms with Crippen LogP contribution in [-0.4, -0.2) is 44.6 Å². The van der Waals surface area contributed by atoms with Crippen LogP contribution in [0.25, 0.3) is 5.52 Å². The standard InChI is InChI=1S/C20H20BrN5O3/c21-17-16-18(22)23-6-7-25(16)19(24-17)14-8-13-10-28-11-15(13)26(14)20(27)29-9-12-4-2-1-3-5-12/h1-7,13-15H,8-11H2,(H2,22,23). The molecule has 2 N–H and O–H groups in total. The van der Waals surface area contributed by atoms with Crippen LogP contribution in [0.5, 0.6) is 0 Å². The van der Waals surface area contributed by atoms with Crippen molar-refractivity contribution in [2.75, 3.05) is 18.9 Å². The first kappa shape index (κ1) is 18.4. The minimum Gasteiger partial charge on any atom is -0.445 e. The molecule has 8 nitrogen and oxygen atoms in total. The van der Waals surface area contributed by atoms with Gasteiger partial charge in [-0.15, -0.1) is 0 Å². The van der Waals surface area contributed by atoms with E-state index in [2.05, 4.69) is 25.9 Å². The number of nitrogens with zero attached hydrogens (tertiary/aromatic N) is 4. The number of benzene rings is 1. The molecule has 2 aliphatic rings. The highest BCUT2D eigenvalue weighted by Crippen LogP contribution is 2.43. The Morgan fingerprint density at radius 2 is 2.14 bits per heavy atom. The number of aromatic nitrogens is 3. The number of amides is 1. The zero-order valence-electron chi connectivity index (χ0n) is 15.6. The number of rotatable bonds is 3. The molecule has 4 heterocycles. The van der Waals surface area contributed by atoms with E-state index in [-0.39, 0.29) is 30.7 Å². The summed E-state index contributed by atoms with van der Waals surface area (Å²) in [6, 6.07) is 9.41. The molecule has 29 heavy (non-hydrogen) atoms. The fraction of sp³-hybridized carbons (Fsp3) is 0.350. The van der Waals surface area contributed by atoms with Gasteiger partial charge in [0, 0.05) is 18.3 Å². The van der Waals surface area contributed by atoms with E-state index in [1.165, 1.54) is 0 Å². The van der Waals surface area contributed by atoms with E-state index in [0.717, 1.165) is 17.8 Å². The third-order valence-electron chi connectivity index (χ3n) is 5.67. The highest BCUT2D eigenvalue weighted by atomic mass is 79.9. The summed E-state index contributed by atoms with van der Waals surface area (Å²) in [6.07, 6.45) is 3.86. The van der Waals surface area contributed by atoms with Gasteiger partial charge in [-0.1, -0.05) is 30.3 Å². The van der Waals surface area contributed by atoms with Crippen LogP contribution in [0.2, 0.25) is 0 Å². The fourth-order valence-electron chi connectivity index (χ4n) is 4.32. The predicted octanol–water partition coefficient (Wildman–Crippen LogP) is 3.17. The molecule has 150 valence electrons. The molecule has 2 aromatic heterocycles. The van der Waals surface area contributed by atoms with Crippen molar-refractivity contribution in [1.29, 1.82) is 0 Å². The average Bonchev–Trinajstić information content (AvgIpc) is 3.40. The number of hydrogen-bond donors (Lipinski definition) is 1. The van der Waals surface area contributed by atoms with Gasteiger partial charge in [0.15, 0.2) is 5.82 Å². The number of ether oxygens (including phenoxy) is 2. The molecule has 2 saturated heterocycles. The van der Waals surface area contributed by atoms with Gasteiger partial charge in [0.05, 0.1) is 25.3 Å². The van der Waals surface area contributed by atoms with E-state index in [1.54, 1.807) is 11.1 Å². The summed E-state index contributed by atoms with van der Waals surface area (Å²) in [7, 11) is 0. The first-order valence-electron chi connectivity index (χ1n) is 9.48. The van der Waals surface area contributed by atoms with E-state index in [4.69, 9.17) is 15.2 Å². The lowest BCUT2D eigenvalue weighted by molar-refractivity contribution is 0.0653. The number of anilines is 1. The molecule has 0 radical (unpaired) electrons.